The van der Waals surface area contributed by atoms with Crippen molar-refractivity contribution < 1.29 is 19.4 Å². The highest BCUT2D eigenvalue weighted by Crippen LogP contribution is 2.73. The zero-order valence-corrected chi connectivity index (χ0v) is 9.74. The minimum atomic E-state index is -1.59. The number of rotatable bonds is 0. The summed E-state index contributed by atoms with van der Waals surface area (Å²) in [4.78, 5) is 23.5. The van der Waals surface area contributed by atoms with E-state index in [0.29, 0.717) is 0 Å². The average molecular weight is 224 g/mol. The lowest BCUT2D eigenvalue weighted by atomic mass is 9.63. The second-order valence-corrected chi connectivity index (χ2v) is 6.15. The van der Waals surface area contributed by atoms with Gasteiger partial charge in [-0.05, 0) is 24.2 Å². The van der Waals surface area contributed by atoms with E-state index in [9.17, 15) is 14.7 Å². The summed E-state index contributed by atoms with van der Waals surface area (Å²) >= 11 is 0. The third kappa shape index (κ3) is 0.680. The van der Waals surface area contributed by atoms with Gasteiger partial charge in [-0.15, -0.1) is 0 Å². The third-order valence-electron chi connectivity index (χ3n) is 5.76. The maximum atomic E-state index is 11.8. The highest BCUT2D eigenvalue weighted by Gasteiger charge is 2.81. The molecule has 4 heteroatoms. The van der Waals surface area contributed by atoms with Crippen LogP contribution in [0.5, 0.6) is 0 Å². The summed E-state index contributed by atoms with van der Waals surface area (Å²) in [5, 5.41) is 10.7. The molecule has 2 saturated carbocycles. The Bertz CT molecular complexity index is 413. The van der Waals surface area contributed by atoms with Crippen LogP contribution in [0.3, 0.4) is 0 Å². The predicted octanol–water partition coefficient (Wildman–Crippen LogP) is 0.873. The Hall–Kier alpha value is -0.900. The molecular formula is C12H16O4. The van der Waals surface area contributed by atoms with Crippen molar-refractivity contribution in [2.45, 2.75) is 39.2 Å². The van der Waals surface area contributed by atoms with Crippen LogP contribution in [-0.2, 0) is 14.3 Å². The first-order chi connectivity index (χ1) is 7.27. The molecule has 2 aliphatic carbocycles. The largest absolute Gasteiger partial charge is 0.391 e. The first kappa shape index (κ1) is 10.3. The lowest BCUT2D eigenvalue weighted by molar-refractivity contribution is -0.171. The summed E-state index contributed by atoms with van der Waals surface area (Å²) in [7, 11) is 0. The van der Waals surface area contributed by atoms with Gasteiger partial charge in [-0.3, -0.25) is 4.79 Å². The Kier molecular flexibility index (Phi) is 1.51. The van der Waals surface area contributed by atoms with E-state index in [1.165, 1.54) is 0 Å². The molecule has 1 saturated heterocycles. The minimum absolute atomic E-state index is 0.0569. The molecule has 0 spiro atoms. The van der Waals surface area contributed by atoms with Gasteiger partial charge in [0, 0.05) is 5.41 Å². The molecule has 1 unspecified atom stereocenters. The first-order valence-corrected chi connectivity index (χ1v) is 5.75. The van der Waals surface area contributed by atoms with Crippen LogP contribution in [0.25, 0.3) is 0 Å². The number of esters is 2. The van der Waals surface area contributed by atoms with Crippen molar-refractivity contribution in [2.24, 2.45) is 22.7 Å². The Morgan fingerprint density at radius 1 is 1.31 bits per heavy atom. The van der Waals surface area contributed by atoms with Gasteiger partial charge in [-0.2, -0.15) is 0 Å². The molecule has 3 fully saturated rings. The highest BCUT2D eigenvalue weighted by molar-refractivity contribution is 6.03. The van der Waals surface area contributed by atoms with Gasteiger partial charge in [0.05, 0.1) is 0 Å². The Morgan fingerprint density at radius 2 is 1.94 bits per heavy atom. The zero-order chi connectivity index (χ0) is 11.9. The van der Waals surface area contributed by atoms with Gasteiger partial charge in [0.1, 0.15) is 5.92 Å². The van der Waals surface area contributed by atoms with E-state index >= 15 is 0 Å². The minimum Gasteiger partial charge on any atom is -0.391 e. The number of hydrogen-bond acceptors (Lipinski definition) is 4. The molecule has 0 aromatic heterocycles. The van der Waals surface area contributed by atoms with E-state index in [2.05, 4.69) is 4.74 Å². The van der Waals surface area contributed by atoms with Gasteiger partial charge in [-0.25, -0.2) is 4.79 Å². The molecule has 4 nitrogen and oxygen atoms in total. The van der Waals surface area contributed by atoms with Gasteiger partial charge in [-0.1, -0.05) is 20.8 Å². The molecule has 3 aliphatic rings. The second-order valence-electron chi connectivity index (χ2n) is 6.15. The number of carbonyl (C=O) groups is 2. The van der Waals surface area contributed by atoms with Crippen molar-refractivity contribution >= 4 is 11.9 Å². The van der Waals surface area contributed by atoms with Crippen molar-refractivity contribution in [3.63, 3.8) is 0 Å². The molecule has 0 amide bonds. The quantitative estimate of drug-likeness (QED) is 0.490. The molecule has 3 rings (SSSR count). The number of carbonyl (C=O) groups excluding carboxylic acids is 2. The fourth-order valence-electron chi connectivity index (χ4n) is 4.36. The summed E-state index contributed by atoms with van der Waals surface area (Å²) < 4.78 is 4.64. The lowest BCUT2D eigenvalue weighted by Crippen LogP contribution is -2.54. The maximum absolute atomic E-state index is 11.8. The number of hydrogen-bond donors (Lipinski definition) is 1. The normalized spacial score (nSPS) is 53.0. The van der Waals surface area contributed by atoms with Gasteiger partial charge in [0.15, 0.2) is 5.60 Å². The average Bonchev–Trinajstić information content (AvgIpc) is 2.58. The van der Waals surface area contributed by atoms with Crippen molar-refractivity contribution in [3.8, 4) is 0 Å². The first-order valence-electron chi connectivity index (χ1n) is 5.75. The Balaban J connectivity index is 2.25. The highest BCUT2D eigenvalue weighted by atomic mass is 16.6. The summed E-state index contributed by atoms with van der Waals surface area (Å²) in [5.41, 5.74) is -2.32. The number of ether oxygens (including phenoxy) is 1. The Labute approximate surface area is 94.0 Å². The molecular weight excluding hydrogens is 208 g/mol. The Morgan fingerprint density at radius 3 is 2.50 bits per heavy atom. The van der Waals surface area contributed by atoms with Crippen LogP contribution >= 0.6 is 0 Å². The van der Waals surface area contributed by atoms with Crippen LogP contribution in [0.1, 0.15) is 33.6 Å². The molecule has 88 valence electrons. The second kappa shape index (κ2) is 2.35. The summed E-state index contributed by atoms with van der Waals surface area (Å²) in [6.45, 7) is 6.00. The molecule has 0 radical (unpaired) electrons. The number of aliphatic hydroxyl groups is 1. The summed E-state index contributed by atoms with van der Waals surface area (Å²) in [6, 6.07) is 0. The number of fused-ring (bicyclic) bond motifs is 5. The van der Waals surface area contributed by atoms with Crippen LogP contribution in [-0.4, -0.2) is 22.6 Å². The van der Waals surface area contributed by atoms with Crippen LogP contribution in [0, 0.1) is 22.7 Å². The van der Waals surface area contributed by atoms with E-state index in [-0.39, 0.29) is 11.3 Å². The van der Waals surface area contributed by atoms with Crippen molar-refractivity contribution in [1.29, 1.82) is 0 Å². The molecule has 1 N–H and O–H groups in total. The van der Waals surface area contributed by atoms with Crippen LogP contribution < -0.4 is 0 Å². The SMILES string of the molecule is CC1(C)[C@@H]2CC[C@]1(C)[C@]1(O)C(=O)OC(=O)C21. The van der Waals surface area contributed by atoms with E-state index in [4.69, 9.17) is 0 Å². The lowest BCUT2D eigenvalue weighted by Gasteiger charge is -2.41. The molecule has 1 aliphatic heterocycles. The topological polar surface area (TPSA) is 63.6 Å². The van der Waals surface area contributed by atoms with Crippen LogP contribution in [0.15, 0.2) is 0 Å². The van der Waals surface area contributed by atoms with Crippen molar-refractivity contribution in [1.82, 2.24) is 0 Å². The number of cyclic esters (lactones) is 2. The molecule has 4 atom stereocenters. The van der Waals surface area contributed by atoms with E-state index in [1.54, 1.807) is 0 Å². The molecule has 0 aromatic rings. The standard InChI is InChI=1S/C12H16O4/c1-10(2)6-4-5-11(10,3)12(15)7(6)8(13)16-9(12)14/h6-7,15H,4-5H2,1-3H3/t6-,7?,11+,12-/m1/s1. The van der Waals surface area contributed by atoms with Crippen molar-refractivity contribution in [3.05, 3.63) is 0 Å². The van der Waals surface area contributed by atoms with Gasteiger partial charge >= 0.3 is 11.9 Å². The fourth-order valence-corrected chi connectivity index (χ4v) is 4.36. The van der Waals surface area contributed by atoms with Gasteiger partial charge in [0.25, 0.3) is 0 Å². The summed E-state index contributed by atoms with van der Waals surface area (Å²) in [6.07, 6.45) is 1.67. The van der Waals surface area contributed by atoms with Crippen LogP contribution in [0.2, 0.25) is 0 Å². The van der Waals surface area contributed by atoms with Crippen molar-refractivity contribution in [2.75, 3.05) is 0 Å². The molecule has 0 aromatic carbocycles. The maximum Gasteiger partial charge on any atom is 0.347 e. The van der Waals surface area contributed by atoms with Gasteiger partial charge in [0.2, 0.25) is 0 Å². The van der Waals surface area contributed by atoms with E-state index in [0.717, 1.165) is 12.8 Å². The monoisotopic (exact) mass is 224 g/mol. The van der Waals surface area contributed by atoms with Crippen LogP contribution in [0.4, 0.5) is 0 Å². The summed E-state index contributed by atoms with van der Waals surface area (Å²) in [5.74, 6) is -1.86. The van der Waals surface area contributed by atoms with E-state index in [1.807, 2.05) is 20.8 Å². The fraction of sp³-hybridized carbons (Fsp3) is 0.833. The molecule has 16 heavy (non-hydrogen) atoms. The molecule has 2 bridgehead atoms. The predicted molar refractivity (Wildman–Crippen MR) is 54.2 cm³/mol. The smallest absolute Gasteiger partial charge is 0.347 e. The third-order valence-corrected chi connectivity index (χ3v) is 5.76. The zero-order valence-electron chi connectivity index (χ0n) is 9.74. The van der Waals surface area contributed by atoms with E-state index < -0.39 is 28.9 Å². The van der Waals surface area contributed by atoms with Gasteiger partial charge < -0.3 is 9.84 Å². The molecule has 1 heterocycles.